The third-order valence-electron chi connectivity index (χ3n) is 4.63. The third kappa shape index (κ3) is 2.16. The molecule has 0 saturated carbocycles. The van der Waals surface area contributed by atoms with Gasteiger partial charge < -0.3 is 5.32 Å². The topological polar surface area (TPSA) is 85.1 Å². The van der Waals surface area contributed by atoms with Gasteiger partial charge in [0, 0.05) is 14.1 Å². The monoisotopic (exact) mass is 336 g/mol. The molecule has 0 aliphatic carbocycles. The Morgan fingerprint density at radius 2 is 1.64 bits per heavy atom. The van der Waals surface area contributed by atoms with Crippen LogP contribution in [0.5, 0.6) is 0 Å². The summed E-state index contributed by atoms with van der Waals surface area (Å²) < 4.78 is 2.34. The molecule has 126 valence electrons. The van der Waals surface area contributed by atoms with Gasteiger partial charge in [0.25, 0.3) is 5.56 Å². The molecule has 1 aliphatic rings. The van der Waals surface area contributed by atoms with E-state index in [1.807, 2.05) is 42.5 Å². The molecule has 2 aromatic carbocycles. The van der Waals surface area contributed by atoms with Crippen LogP contribution in [0.2, 0.25) is 0 Å². The third-order valence-corrected chi connectivity index (χ3v) is 4.63. The van der Waals surface area contributed by atoms with Gasteiger partial charge in [0.05, 0.1) is 11.6 Å². The van der Waals surface area contributed by atoms with E-state index in [4.69, 9.17) is 0 Å². The highest BCUT2D eigenvalue weighted by Gasteiger charge is 2.32. The average molecular weight is 336 g/mol. The van der Waals surface area contributed by atoms with Gasteiger partial charge in [0.15, 0.2) is 0 Å². The molecule has 0 spiro atoms. The van der Waals surface area contributed by atoms with Gasteiger partial charge in [0.1, 0.15) is 5.82 Å². The van der Waals surface area contributed by atoms with E-state index >= 15 is 0 Å². The molecule has 7 nitrogen and oxygen atoms in total. The van der Waals surface area contributed by atoms with Crippen molar-refractivity contribution in [3.8, 4) is 0 Å². The van der Waals surface area contributed by atoms with Gasteiger partial charge in [-0.05, 0) is 16.3 Å². The Labute approximate surface area is 142 Å². The van der Waals surface area contributed by atoms with E-state index in [0.29, 0.717) is 5.56 Å². The zero-order valence-electron chi connectivity index (χ0n) is 13.7. The van der Waals surface area contributed by atoms with Crippen molar-refractivity contribution in [3.63, 3.8) is 0 Å². The standard InChI is InChI=1S/C18H16N4O3/c1-21-15-13(16(23)22(2)18(21)25)14(19-17(24)20-15)12-9-5-7-10-6-3-4-8-11(10)12/h3-9,14H,1-2H3,(H2,19,20,24). The molecule has 1 aromatic heterocycles. The van der Waals surface area contributed by atoms with E-state index in [1.165, 1.54) is 18.7 Å². The minimum Gasteiger partial charge on any atom is -0.327 e. The van der Waals surface area contributed by atoms with Crippen LogP contribution < -0.4 is 21.9 Å². The summed E-state index contributed by atoms with van der Waals surface area (Å²) in [5.41, 5.74) is 0.247. The summed E-state index contributed by atoms with van der Waals surface area (Å²) in [5, 5.41) is 7.36. The van der Waals surface area contributed by atoms with Crippen LogP contribution >= 0.6 is 0 Å². The van der Waals surface area contributed by atoms with Crippen LogP contribution in [-0.2, 0) is 14.1 Å². The second-order valence-corrected chi connectivity index (χ2v) is 6.07. The molecule has 2 amide bonds. The van der Waals surface area contributed by atoms with Crippen molar-refractivity contribution in [2.45, 2.75) is 6.04 Å². The molecule has 4 rings (SSSR count). The number of nitrogens with one attached hydrogen (secondary N) is 2. The van der Waals surface area contributed by atoms with Crippen LogP contribution in [0.15, 0.2) is 52.1 Å². The van der Waals surface area contributed by atoms with Crippen molar-refractivity contribution in [1.82, 2.24) is 14.5 Å². The molecule has 0 radical (unpaired) electrons. The van der Waals surface area contributed by atoms with Crippen LogP contribution in [0.3, 0.4) is 0 Å². The van der Waals surface area contributed by atoms with Gasteiger partial charge in [-0.15, -0.1) is 0 Å². The van der Waals surface area contributed by atoms with Gasteiger partial charge in [-0.2, -0.15) is 0 Å². The van der Waals surface area contributed by atoms with Gasteiger partial charge >= 0.3 is 11.7 Å². The zero-order valence-corrected chi connectivity index (χ0v) is 13.7. The molecule has 0 saturated heterocycles. The molecule has 0 fully saturated rings. The van der Waals surface area contributed by atoms with Crippen LogP contribution in [0, 0.1) is 0 Å². The number of benzene rings is 2. The number of hydrogen-bond acceptors (Lipinski definition) is 3. The molecular weight excluding hydrogens is 320 g/mol. The molecular formula is C18H16N4O3. The van der Waals surface area contributed by atoms with Crippen molar-refractivity contribution in [2.75, 3.05) is 5.32 Å². The van der Waals surface area contributed by atoms with Crippen molar-refractivity contribution < 1.29 is 4.79 Å². The Hall–Kier alpha value is -3.35. The minimum absolute atomic E-state index is 0.231. The first-order chi connectivity index (χ1) is 12.0. The number of anilines is 1. The first-order valence-corrected chi connectivity index (χ1v) is 7.84. The van der Waals surface area contributed by atoms with E-state index < -0.39 is 23.3 Å². The minimum atomic E-state index is -0.639. The number of aromatic nitrogens is 2. The molecule has 1 aliphatic heterocycles. The maximum Gasteiger partial charge on any atom is 0.332 e. The Kier molecular flexibility index (Phi) is 3.24. The fourth-order valence-corrected chi connectivity index (χ4v) is 3.36. The number of carbonyl (C=O) groups is 1. The predicted molar refractivity (Wildman–Crippen MR) is 94.9 cm³/mol. The highest BCUT2D eigenvalue weighted by Crippen LogP contribution is 2.32. The summed E-state index contributed by atoms with van der Waals surface area (Å²) in [5.74, 6) is 0.231. The predicted octanol–water partition coefficient (Wildman–Crippen LogP) is 1.46. The number of nitrogens with zero attached hydrogens (tertiary/aromatic N) is 2. The number of fused-ring (bicyclic) bond motifs is 2. The van der Waals surface area contributed by atoms with Crippen LogP contribution in [0.4, 0.5) is 10.6 Å². The SMILES string of the molecule is Cn1c2c(c(=O)n(C)c1=O)C(c1cccc3ccccc13)NC(=O)N2. The van der Waals surface area contributed by atoms with E-state index in [0.717, 1.165) is 20.9 Å². The first kappa shape index (κ1) is 15.2. The van der Waals surface area contributed by atoms with E-state index in [1.54, 1.807) is 0 Å². The summed E-state index contributed by atoms with van der Waals surface area (Å²) in [7, 11) is 2.97. The lowest BCUT2D eigenvalue weighted by Crippen LogP contribution is -2.49. The van der Waals surface area contributed by atoms with Gasteiger partial charge in [-0.3, -0.25) is 19.2 Å². The molecule has 2 heterocycles. The number of amides is 2. The summed E-state index contributed by atoms with van der Waals surface area (Å²) in [6, 6.07) is 12.4. The maximum absolute atomic E-state index is 12.8. The zero-order chi connectivity index (χ0) is 17.7. The number of rotatable bonds is 1. The first-order valence-electron chi connectivity index (χ1n) is 7.84. The van der Waals surface area contributed by atoms with Gasteiger partial charge in [-0.1, -0.05) is 42.5 Å². The number of carbonyl (C=O) groups excluding carboxylic acids is 1. The Balaban J connectivity index is 2.08. The van der Waals surface area contributed by atoms with Gasteiger partial charge in [-0.25, -0.2) is 9.59 Å². The quantitative estimate of drug-likeness (QED) is 0.705. The van der Waals surface area contributed by atoms with Crippen molar-refractivity contribution in [3.05, 3.63) is 74.4 Å². The summed E-state index contributed by atoms with van der Waals surface area (Å²) in [6.45, 7) is 0. The lowest BCUT2D eigenvalue weighted by molar-refractivity contribution is 0.248. The lowest BCUT2D eigenvalue weighted by atomic mass is 9.93. The molecule has 1 atom stereocenters. The van der Waals surface area contributed by atoms with E-state index in [2.05, 4.69) is 10.6 Å². The molecule has 0 bridgehead atoms. The van der Waals surface area contributed by atoms with Crippen molar-refractivity contribution in [2.24, 2.45) is 14.1 Å². The largest absolute Gasteiger partial charge is 0.332 e. The summed E-state index contributed by atoms with van der Waals surface area (Å²) >= 11 is 0. The number of urea groups is 1. The van der Waals surface area contributed by atoms with E-state index in [9.17, 15) is 14.4 Å². The highest BCUT2D eigenvalue weighted by atomic mass is 16.2. The second-order valence-electron chi connectivity index (χ2n) is 6.07. The molecule has 25 heavy (non-hydrogen) atoms. The fraction of sp³-hybridized carbons (Fsp3) is 0.167. The number of hydrogen-bond donors (Lipinski definition) is 2. The normalized spacial score (nSPS) is 16.2. The Morgan fingerprint density at radius 1 is 0.920 bits per heavy atom. The molecule has 7 heteroatoms. The summed E-state index contributed by atoms with van der Waals surface area (Å²) in [4.78, 5) is 37.1. The van der Waals surface area contributed by atoms with Crippen molar-refractivity contribution >= 4 is 22.6 Å². The molecule has 1 unspecified atom stereocenters. The average Bonchev–Trinajstić information content (AvgIpc) is 2.63. The fourth-order valence-electron chi connectivity index (χ4n) is 3.36. The molecule has 2 N–H and O–H groups in total. The van der Waals surface area contributed by atoms with Crippen LogP contribution in [0.25, 0.3) is 10.8 Å². The Morgan fingerprint density at radius 3 is 2.44 bits per heavy atom. The van der Waals surface area contributed by atoms with Crippen molar-refractivity contribution in [1.29, 1.82) is 0 Å². The highest BCUT2D eigenvalue weighted by molar-refractivity contribution is 5.94. The molecule has 3 aromatic rings. The van der Waals surface area contributed by atoms with Gasteiger partial charge in [0.2, 0.25) is 0 Å². The summed E-state index contributed by atoms with van der Waals surface area (Å²) in [6.07, 6.45) is 0. The van der Waals surface area contributed by atoms with E-state index in [-0.39, 0.29) is 5.82 Å². The maximum atomic E-state index is 12.8. The Bertz CT molecular complexity index is 1140. The van der Waals surface area contributed by atoms with Crippen LogP contribution in [0.1, 0.15) is 17.2 Å². The lowest BCUT2D eigenvalue weighted by Gasteiger charge is -2.29. The second kappa shape index (κ2) is 5.34. The van der Waals surface area contributed by atoms with Crippen LogP contribution in [-0.4, -0.2) is 15.2 Å². The smallest absolute Gasteiger partial charge is 0.327 e.